The molecule has 0 saturated carbocycles. The van der Waals surface area contributed by atoms with Crippen LogP contribution in [0, 0.1) is 0 Å². The Kier molecular flexibility index (Phi) is 4.89. The molecule has 1 amide bonds. The first-order chi connectivity index (χ1) is 13.2. The topological polar surface area (TPSA) is 80.2 Å². The molecule has 1 atom stereocenters. The first-order valence-corrected chi connectivity index (χ1v) is 9.79. The summed E-state index contributed by atoms with van der Waals surface area (Å²) in [6.07, 6.45) is 4.86. The number of pyridine rings is 1. The van der Waals surface area contributed by atoms with Gasteiger partial charge in [0.15, 0.2) is 0 Å². The number of carbonyl (C=O) groups is 1. The number of thiophene rings is 1. The number of rotatable bonds is 5. The number of aromatic nitrogens is 3. The fraction of sp³-hybridized carbons (Fsp3) is 0.368. The third kappa shape index (κ3) is 3.57. The predicted octanol–water partition coefficient (Wildman–Crippen LogP) is 3.18. The summed E-state index contributed by atoms with van der Waals surface area (Å²) in [6.45, 7) is 3.42. The maximum atomic E-state index is 11.9. The van der Waals surface area contributed by atoms with Gasteiger partial charge in [0.2, 0.25) is 11.8 Å². The first-order valence-electron chi connectivity index (χ1n) is 8.97. The van der Waals surface area contributed by atoms with Crippen LogP contribution in [0.25, 0.3) is 20.7 Å². The number of anilines is 1. The van der Waals surface area contributed by atoms with Crippen LogP contribution in [0.4, 0.5) is 5.82 Å². The Bertz CT molecular complexity index is 956. The number of amides is 1. The van der Waals surface area contributed by atoms with E-state index in [9.17, 15) is 4.79 Å². The van der Waals surface area contributed by atoms with Crippen LogP contribution in [-0.4, -0.2) is 52.0 Å². The van der Waals surface area contributed by atoms with Gasteiger partial charge in [-0.1, -0.05) is 6.92 Å². The first kappa shape index (κ1) is 17.7. The Balaban J connectivity index is 1.57. The van der Waals surface area contributed by atoms with Gasteiger partial charge >= 0.3 is 0 Å². The molecule has 3 aromatic heterocycles. The van der Waals surface area contributed by atoms with Gasteiger partial charge in [0, 0.05) is 48.3 Å². The van der Waals surface area contributed by atoms with Crippen molar-refractivity contribution in [1.82, 2.24) is 19.9 Å². The molecule has 0 bridgehead atoms. The highest BCUT2D eigenvalue weighted by atomic mass is 32.1. The van der Waals surface area contributed by atoms with Crippen LogP contribution in [0.15, 0.2) is 30.7 Å². The molecular formula is C19H21N5O2S. The summed E-state index contributed by atoms with van der Waals surface area (Å²) in [5, 5.41) is 4.50. The number of fused-ring (bicyclic) bond motifs is 1. The molecule has 1 fully saturated rings. The van der Waals surface area contributed by atoms with E-state index in [1.165, 1.54) is 0 Å². The molecule has 1 aliphatic heterocycles. The minimum atomic E-state index is 0.206. The number of likely N-dealkylation sites (tertiary alicyclic amines) is 1. The Hall–Kier alpha value is -2.74. The SMILES string of the molecule is CCC(=O)N1CC[C@H](Nc2ncnc3sc(-c4ccc(OC)nc4)cc23)C1. The lowest BCUT2D eigenvalue weighted by Crippen LogP contribution is -2.31. The molecule has 0 spiro atoms. The maximum Gasteiger partial charge on any atom is 0.222 e. The standard InChI is InChI=1S/C19H21N5O2S/c1-3-17(25)24-7-6-13(10-24)23-18-14-8-15(27-19(14)22-11-21-18)12-4-5-16(26-2)20-9-12/h4-5,8-9,11,13H,3,6-7,10H2,1-2H3,(H,21,22,23)/t13-/m0/s1. The highest BCUT2D eigenvalue weighted by molar-refractivity contribution is 7.21. The summed E-state index contributed by atoms with van der Waals surface area (Å²) in [4.78, 5) is 28.9. The van der Waals surface area contributed by atoms with Gasteiger partial charge in [-0.3, -0.25) is 4.79 Å². The second-order valence-electron chi connectivity index (χ2n) is 6.46. The van der Waals surface area contributed by atoms with Crippen molar-refractivity contribution < 1.29 is 9.53 Å². The number of hydrogen-bond acceptors (Lipinski definition) is 7. The quantitative estimate of drug-likeness (QED) is 0.729. The van der Waals surface area contributed by atoms with Crippen LogP contribution < -0.4 is 10.1 Å². The second-order valence-corrected chi connectivity index (χ2v) is 7.49. The largest absolute Gasteiger partial charge is 0.481 e. The van der Waals surface area contributed by atoms with Crippen LogP contribution in [0.2, 0.25) is 0 Å². The third-order valence-corrected chi connectivity index (χ3v) is 5.84. The third-order valence-electron chi connectivity index (χ3n) is 4.74. The van der Waals surface area contributed by atoms with Gasteiger partial charge in [-0.15, -0.1) is 11.3 Å². The fourth-order valence-corrected chi connectivity index (χ4v) is 4.27. The van der Waals surface area contributed by atoms with E-state index in [2.05, 4.69) is 26.3 Å². The number of ether oxygens (including phenoxy) is 1. The fourth-order valence-electron chi connectivity index (χ4n) is 3.28. The minimum absolute atomic E-state index is 0.206. The number of nitrogens with zero attached hydrogens (tertiary/aromatic N) is 4. The summed E-state index contributed by atoms with van der Waals surface area (Å²) in [5.41, 5.74) is 1.02. The van der Waals surface area contributed by atoms with Crippen LogP contribution in [-0.2, 0) is 4.79 Å². The van der Waals surface area contributed by atoms with Crippen LogP contribution in [0.5, 0.6) is 5.88 Å². The van der Waals surface area contributed by atoms with Crippen molar-refractivity contribution in [3.8, 4) is 16.3 Å². The average molecular weight is 383 g/mol. The Morgan fingerprint density at radius 1 is 1.37 bits per heavy atom. The highest BCUT2D eigenvalue weighted by Gasteiger charge is 2.26. The van der Waals surface area contributed by atoms with E-state index in [1.807, 2.05) is 24.0 Å². The van der Waals surface area contributed by atoms with Crippen LogP contribution >= 0.6 is 11.3 Å². The zero-order valence-corrected chi connectivity index (χ0v) is 16.1. The van der Waals surface area contributed by atoms with Gasteiger partial charge in [-0.25, -0.2) is 15.0 Å². The van der Waals surface area contributed by atoms with E-state index < -0.39 is 0 Å². The summed E-state index contributed by atoms with van der Waals surface area (Å²) < 4.78 is 5.12. The Labute approximate surface area is 161 Å². The lowest BCUT2D eigenvalue weighted by atomic mass is 10.2. The lowest BCUT2D eigenvalue weighted by Gasteiger charge is -2.16. The summed E-state index contributed by atoms with van der Waals surface area (Å²) in [6, 6.07) is 6.14. The molecule has 7 nitrogen and oxygen atoms in total. The number of carbonyl (C=O) groups excluding carboxylic acids is 1. The van der Waals surface area contributed by atoms with Crippen molar-refractivity contribution in [2.45, 2.75) is 25.8 Å². The lowest BCUT2D eigenvalue weighted by molar-refractivity contribution is -0.129. The van der Waals surface area contributed by atoms with Gasteiger partial charge in [0.05, 0.1) is 12.5 Å². The van der Waals surface area contributed by atoms with Gasteiger partial charge < -0.3 is 15.0 Å². The Morgan fingerprint density at radius 3 is 3.00 bits per heavy atom. The molecule has 140 valence electrons. The van der Waals surface area contributed by atoms with E-state index in [1.54, 1.807) is 31.0 Å². The van der Waals surface area contributed by atoms with Crippen molar-refractivity contribution in [2.24, 2.45) is 0 Å². The van der Waals surface area contributed by atoms with Crippen molar-refractivity contribution in [1.29, 1.82) is 0 Å². The van der Waals surface area contributed by atoms with Crippen molar-refractivity contribution in [2.75, 3.05) is 25.5 Å². The van der Waals surface area contributed by atoms with Crippen molar-refractivity contribution in [3.05, 3.63) is 30.7 Å². The molecule has 3 aromatic rings. The monoisotopic (exact) mass is 383 g/mol. The molecule has 0 unspecified atom stereocenters. The zero-order chi connectivity index (χ0) is 18.8. The zero-order valence-electron chi connectivity index (χ0n) is 15.3. The molecule has 1 aliphatic rings. The molecule has 0 radical (unpaired) electrons. The maximum absolute atomic E-state index is 11.9. The van der Waals surface area contributed by atoms with E-state index in [0.29, 0.717) is 12.3 Å². The van der Waals surface area contributed by atoms with Gasteiger partial charge in [-0.2, -0.15) is 0 Å². The van der Waals surface area contributed by atoms with Crippen LogP contribution in [0.3, 0.4) is 0 Å². The molecule has 1 N–H and O–H groups in total. The Morgan fingerprint density at radius 2 is 2.26 bits per heavy atom. The highest BCUT2D eigenvalue weighted by Crippen LogP contribution is 2.35. The van der Waals surface area contributed by atoms with E-state index in [0.717, 1.165) is 46.0 Å². The number of methoxy groups -OCH3 is 1. The predicted molar refractivity (Wildman–Crippen MR) is 106 cm³/mol. The van der Waals surface area contributed by atoms with E-state index in [4.69, 9.17) is 4.74 Å². The van der Waals surface area contributed by atoms with E-state index >= 15 is 0 Å². The second kappa shape index (κ2) is 7.48. The van der Waals surface area contributed by atoms with Crippen molar-refractivity contribution >= 4 is 33.3 Å². The molecular weight excluding hydrogens is 362 g/mol. The molecule has 27 heavy (non-hydrogen) atoms. The molecule has 4 rings (SSSR count). The molecule has 0 aromatic carbocycles. The van der Waals surface area contributed by atoms with Gasteiger partial charge in [0.25, 0.3) is 0 Å². The summed E-state index contributed by atoms with van der Waals surface area (Å²) in [5.74, 6) is 1.62. The normalized spacial score (nSPS) is 16.7. The average Bonchev–Trinajstić information content (AvgIpc) is 3.35. The summed E-state index contributed by atoms with van der Waals surface area (Å²) in [7, 11) is 1.60. The van der Waals surface area contributed by atoms with Gasteiger partial charge in [-0.05, 0) is 18.6 Å². The molecule has 4 heterocycles. The smallest absolute Gasteiger partial charge is 0.222 e. The summed E-state index contributed by atoms with van der Waals surface area (Å²) >= 11 is 1.61. The van der Waals surface area contributed by atoms with E-state index in [-0.39, 0.29) is 11.9 Å². The number of hydrogen-bond donors (Lipinski definition) is 1. The minimum Gasteiger partial charge on any atom is -0.481 e. The molecule has 0 aliphatic carbocycles. The van der Waals surface area contributed by atoms with Crippen LogP contribution in [0.1, 0.15) is 19.8 Å². The number of nitrogens with one attached hydrogen (secondary N) is 1. The van der Waals surface area contributed by atoms with Crippen molar-refractivity contribution in [3.63, 3.8) is 0 Å². The molecule has 8 heteroatoms. The molecule has 1 saturated heterocycles. The van der Waals surface area contributed by atoms with Gasteiger partial charge in [0.1, 0.15) is 17.0 Å².